The summed E-state index contributed by atoms with van der Waals surface area (Å²) in [6.07, 6.45) is 3.14. The molecule has 1 saturated heterocycles. The van der Waals surface area contributed by atoms with Gasteiger partial charge in [0.05, 0.1) is 6.26 Å². The van der Waals surface area contributed by atoms with Gasteiger partial charge in [-0.2, -0.15) is 0 Å². The number of nitrogens with zero attached hydrogens (tertiary/aromatic N) is 3. The maximum Gasteiger partial charge on any atom is 0.289 e. The Labute approximate surface area is 169 Å². The van der Waals surface area contributed by atoms with E-state index in [1.54, 1.807) is 29.3 Å². The summed E-state index contributed by atoms with van der Waals surface area (Å²) in [6, 6.07) is 14.7. The number of furan rings is 1. The van der Waals surface area contributed by atoms with Gasteiger partial charge in [0.2, 0.25) is 0 Å². The van der Waals surface area contributed by atoms with Gasteiger partial charge in [-0.1, -0.05) is 17.7 Å². The SMILES string of the molecule is Cc1ccc(NC(=O)c2cc(N3CCN(C(=O)c4ccco4)CC3)ccn2)cc1. The maximum atomic E-state index is 12.6. The average Bonchev–Trinajstić information content (AvgIpc) is 3.30. The number of rotatable bonds is 4. The van der Waals surface area contributed by atoms with Crippen LogP contribution in [-0.4, -0.2) is 47.9 Å². The summed E-state index contributed by atoms with van der Waals surface area (Å²) in [6.45, 7) is 4.53. The maximum absolute atomic E-state index is 12.6. The number of nitrogens with one attached hydrogen (secondary N) is 1. The minimum atomic E-state index is -0.248. The minimum absolute atomic E-state index is 0.0949. The summed E-state index contributed by atoms with van der Waals surface area (Å²) in [4.78, 5) is 33.1. The van der Waals surface area contributed by atoms with Gasteiger partial charge >= 0.3 is 0 Å². The molecule has 148 valence electrons. The van der Waals surface area contributed by atoms with Gasteiger partial charge in [0.1, 0.15) is 5.69 Å². The third-order valence-corrected chi connectivity index (χ3v) is 4.95. The van der Waals surface area contributed by atoms with E-state index in [0.717, 1.165) is 16.9 Å². The van der Waals surface area contributed by atoms with E-state index >= 15 is 0 Å². The van der Waals surface area contributed by atoms with Crippen molar-refractivity contribution in [2.24, 2.45) is 0 Å². The molecule has 0 spiro atoms. The van der Waals surface area contributed by atoms with E-state index < -0.39 is 0 Å². The summed E-state index contributed by atoms with van der Waals surface area (Å²) < 4.78 is 5.20. The second-order valence-corrected chi connectivity index (χ2v) is 6.98. The van der Waals surface area contributed by atoms with Crippen molar-refractivity contribution in [2.75, 3.05) is 36.4 Å². The summed E-state index contributed by atoms with van der Waals surface area (Å²) in [7, 11) is 0. The first-order chi connectivity index (χ1) is 14.1. The van der Waals surface area contributed by atoms with E-state index in [2.05, 4.69) is 15.2 Å². The lowest BCUT2D eigenvalue weighted by atomic mass is 10.2. The monoisotopic (exact) mass is 390 g/mol. The van der Waals surface area contributed by atoms with Crippen molar-refractivity contribution in [1.29, 1.82) is 0 Å². The highest BCUT2D eigenvalue weighted by Gasteiger charge is 2.24. The Morgan fingerprint density at radius 1 is 1.03 bits per heavy atom. The molecule has 0 aliphatic carbocycles. The molecule has 4 rings (SSSR count). The summed E-state index contributed by atoms with van der Waals surface area (Å²) >= 11 is 0. The van der Waals surface area contributed by atoms with Gasteiger partial charge in [0.15, 0.2) is 5.76 Å². The van der Waals surface area contributed by atoms with Crippen LogP contribution in [0.25, 0.3) is 0 Å². The average molecular weight is 390 g/mol. The van der Waals surface area contributed by atoms with Crippen molar-refractivity contribution >= 4 is 23.2 Å². The van der Waals surface area contributed by atoms with Crippen molar-refractivity contribution < 1.29 is 14.0 Å². The van der Waals surface area contributed by atoms with Crippen LogP contribution in [0.2, 0.25) is 0 Å². The lowest BCUT2D eigenvalue weighted by Gasteiger charge is -2.35. The molecule has 1 fully saturated rings. The Morgan fingerprint density at radius 3 is 2.48 bits per heavy atom. The van der Waals surface area contributed by atoms with Gasteiger partial charge in [0.25, 0.3) is 11.8 Å². The molecule has 1 aliphatic rings. The fraction of sp³-hybridized carbons (Fsp3) is 0.227. The van der Waals surface area contributed by atoms with Gasteiger partial charge in [-0.05, 0) is 43.3 Å². The highest BCUT2D eigenvalue weighted by molar-refractivity contribution is 6.03. The quantitative estimate of drug-likeness (QED) is 0.740. The van der Waals surface area contributed by atoms with Gasteiger partial charge in [0, 0.05) is 43.8 Å². The van der Waals surface area contributed by atoms with Crippen LogP contribution in [0.5, 0.6) is 0 Å². The number of carbonyl (C=O) groups excluding carboxylic acids is 2. The number of amides is 2. The van der Waals surface area contributed by atoms with E-state index in [-0.39, 0.29) is 11.8 Å². The topological polar surface area (TPSA) is 78.7 Å². The first-order valence-electron chi connectivity index (χ1n) is 9.52. The fourth-order valence-corrected chi connectivity index (χ4v) is 3.30. The predicted molar refractivity (Wildman–Crippen MR) is 110 cm³/mol. The van der Waals surface area contributed by atoms with Gasteiger partial charge in [-0.15, -0.1) is 0 Å². The van der Waals surface area contributed by atoms with Crippen LogP contribution in [0.1, 0.15) is 26.6 Å². The zero-order chi connectivity index (χ0) is 20.2. The number of hydrogen-bond acceptors (Lipinski definition) is 5. The highest BCUT2D eigenvalue weighted by Crippen LogP contribution is 2.19. The summed E-state index contributed by atoms with van der Waals surface area (Å²) in [5, 5.41) is 2.87. The number of hydrogen-bond donors (Lipinski definition) is 1. The molecule has 7 heteroatoms. The second kappa shape index (κ2) is 8.18. The predicted octanol–water partition coefficient (Wildman–Crippen LogP) is 3.20. The molecular weight excluding hydrogens is 368 g/mol. The van der Waals surface area contributed by atoms with Crippen molar-refractivity contribution in [3.8, 4) is 0 Å². The molecule has 0 atom stereocenters. The normalized spacial score (nSPS) is 14.0. The molecule has 2 amide bonds. The molecule has 1 aliphatic heterocycles. The largest absolute Gasteiger partial charge is 0.459 e. The molecule has 3 heterocycles. The highest BCUT2D eigenvalue weighted by atomic mass is 16.3. The molecule has 29 heavy (non-hydrogen) atoms. The Kier molecular flexibility index (Phi) is 5.29. The van der Waals surface area contributed by atoms with Crippen LogP contribution < -0.4 is 10.2 Å². The van der Waals surface area contributed by atoms with Crippen LogP contribution in [-0.2, 0) is 0 Å². The number of aryl methyl sites for hydroxylation is 1. The van der Waals surface area contributed by atoms with Gasteiger partial charge in [-0.3, -0.25) is 14.6 Å². The zero-order valence-electron chi connectivity index (χ0n) is 16.2. The Morgan fingerprint density at radius 2 is 1.79 bits per heavy atom. The van der Waals surface area contributed by atoms with Crippen molar-refractivity contribution in [3.05, 3.63) is 78.0 Å². The number of carbonyl (C=O) groups is 2. The molecule has 1 N–H and O–H groups in total. The smallest absolute Gasteiger partial charge is 0.289 e. The van der Waals surface area contributed by atoms with Crippen LogP contribution in [0.4, 0.5) is 11.4 Å². The lowest BCUT2D eigenvalue weighted by Crippen LogP contribution is -2.48. The molecular formula is C22H22N4O3. The van der Waals surface area contributed by atoms with E-state index in [1.807, 2.05) is 37.3 Å². The van der Waals surface area contributed by atoms with Crippen molar-refractivity contribution in [2.45, 2.75) is 6.92 Å². The molecule has 0 bridgehead atoms. The van der Waals surface area contributed by atoms with Crippen LogP contribution in [0.15, 0.2) is 65.4 Å². The molecule has 7 nitrogen and oxygen atoms in total. The second-order valence-electron chi connectivity index (χ2n) is 6.98. The van der Waals surface area contributed by atoms with Crippen molar-refractivity contribution in [1.82, 2.24) is 9.88 Å². The van der Waals surface area contributed by atoms with Gasteiger partial charge < -0.3 is 19.5 Å². The standard InChI is InChI=1S/C22H22N4O3/c1-16-4-6-17(7-5-16)24-21(27)19-15-18(8-9-23-19)25-10-12-26(13-11-25)22(28)20-3-2-14-29-20/h2-9,14-15H,10-13H2,1H3,(H,24,27). The number of piperazine rings is 1. The number of anilines is 2. The summed E-state index contributed by atoms with van der Waals surface area (Å²) in [5.74, 6) is 0.0160. The lowest BCUT2D eigenvalue weighted by molar-refractivity contribution is 0.0714. The van der Waals surface area contributed by atoms with E-state index in [4.69, 9.17) is 4.42 Å². The fourth-order valence-electron chi connectivity index (χ4n) is 3.30. The molecule has 0 unspecified atom stereocenters. The Hall–Kier alpha value is -3.61. The van der Waals surface area contributed by atoms with E-state index in [1.165, 1.54) is 6.26 Å². The van der Waals surface area contributed by atoms with Crippen molar-refractivity contribution in [3.63, 3.8) is 0 Å². The molecule has 0 saturated carbocycles. The Balaban J connectivity index is 1.39. The summed E-state index contributed by atoms with van der Waals surface area (Å²) in [5.41, 5.74) is 3.14. The number of pyridine rings is 1. The van der Waals surface area contributed by atoms with Crippen LogP contribution in [0, 0.1) is 6.92 Å². The first kappa shape index (κ1) is 18.7. The molecule has 0 radical (unpaired) electrons. The molecule has 2 aromatic heterocycles. The molecule has 3 aromatic rings. The van der Waals surface area contributed by atoms with E-state index in [0.29, 0.717) is 37.6 Å². The van der Waals surface area contributed by atoms with Gasteiger partial charge in [-0.25, -0.2) is 0 Å². The van der Waals surface area contributed by atoms with Crippen LogP contribution >= 0.6 is 0 Å². The number of benzene rings is 1. The minimum Gasteiger partial charge on any atom is -0.459 e. The zero-order valence-corrected chi connectivity index (χ0v) is 16.2. The third-order valence-electron chi connectivity index (χ3n) is 4.95. The third kappa shape index (κ3) is 4.29. The Bertz CT molecular complexity index is 991. The van der Waals surface area contributed by atoms with Crippen LogP contribution in [0.3, 0.4) is 0 Å². The first-order valence-corrected chi connectivity index (χ1v) is 9.52. The number of aromatic nitrogens is 1. The van der Waals surface area contributed by atoms with E-state index in [9.17, 15) is 9.59 Å². The molecule has 1 aromatic carbocycles.